The third-order valence-corrected chi connectivity index (χ3v) is 7.65. The molecule has 0 spiro atoms. The summed E-state index contributed by atoms with van der Waals surface area (Å²) in [6.07, 6.45) is 5.43. The lowest BCUT2D eigenvalue weighted by molar-refractivity contribution is 0.0488. The molecule has 0 bridgehead atoms. The minimum Gasteiger partial charge on any atom is -0.381 e. The van der Waals surface area contributed by atoms with Crippen LogP contribution in [0.25, 0.3) is 0 Å². The summed E-state index contributed by atoms with van der Waals surface area (Å²) >= 11 is 0. The van der Waals surface area contributed by atoms with Crippen LogP contribution >= 0.6 is 0 Å². The highest BCUT2D eigenvalue weighted by Gasteiger charge is 2.32. The molecule has 0 radical (unpaired) electrons. The number of rotatable bonds is 5. The van der Waals surface area contributed by atoms with Crippen LogP contribution in [0.2, 0.25) is 0 Å². The van der Waals surface area contributed by atoms with Crippen LogP contribution < -0.4 is 5.32 Å². The van der Waals surface area contributed by atoms with Crippen molar-refractivity contribution in [2.45, 2.75) is 39.0 Å². The fourth-order valence-electron chi connectivity index (χ4n) is 4.29. The lowest BCUT2D eigenvalue weighted by Gasteiger charge is -2.28. The molecular formula is C18H33N3O3S. The summed E-state index contributed by atoms with van der Waals surface area (Å²) in [5, 5.41) is 3.48. The van der Waals surface area contributed by atoms with Gasteiger partial charge in [0.1, 0.15) is 0 Å². The molecule has 3 fully saturated rings. The van der Waals surface area contributed by atoms with E-state index in [2.05, 4.69) is 17.1 Å². The lowest BCUT2D eigenvalue weighted by atomic mass is 9.85. The van der Waals surface area contributed by atoms with E-state index in [0.29, 0.717) is 18.1 Å². The largest absolute Gasteiger partial charge is 0.381 e. The maximum Gasteiger partial charge on any atom is 0.193 e. The Morgan fingerprint density at radius 3 is 2.68 bits per heavy atom. The molecule has 144 valence electrons. The van der Waals surface area contributed by atoms with E-state index in [1.54, 1.807) is 0 Å². The molecule has 3 aliphatic rings. The van der Waals surface area contributed by atoms with Gasteiger partial charge in [-0.05, 0) is 49.9 Å². The zero-order chi connectivity index (χ0) is 17.7. The van der Waals surface area contributed by atoms with E-state index in [1.165, 1.54) is 19.3 Å². The van der Waals surface area contributed by atoms with Crippen molar-refractivity contribution in [1.29, 1.82) is 0 Å². The van der Waals surface area contributed by atoms with Crippen molar-refractivity contribution >= 4 is 15.8 Å². The van der Waals surface area contributed by atoms with Gasteiger partial charge in [-0.2, -0.15) is 0 Å². The zero-order valence-corrected chi connectivity index (χ0v) is 16.3. The Morgan fingerprint density at radius 2 is 2.00 bits per heavy atom. The van der Waals surface area contributed by atoms with Crippen molar-refractivity contribution in [2.24, 2.45) is 22.7 Å². The quantitative estimate of drug-likeness (QED) is 0.586. The fraction of sp³-hybridized carbons (Fsp3) is 0.944. The first kappa shape index (κ1) is 19.0. The summed E-state index contributed by atoms with van der Waals surface area (Å²) in [7, 11) is -2.82. The SMILES string of the molecule is CCCNC(=NCC1CCS(=O)(=O)C1)N1CCC(C2CCOCC2)C1. The van der Waals surface area contributed by atoms with E-state index < -0.39 is 9.84 Å². The predicted molar refractivity (Wildman–Crippen MR) is 101 cm³/mol. The molecule has 3 heterocycles. The number of hydrogen-bond donors (Lipinski definition) is 1. The normalized spacial score (nSPS) is 30.8. The highest BCUT2D eigenvalue weighted by molar-refractivity contribution is 7.91. The van der Waals surface area contributed by atoms with Crippen LogP contribution in [0.1, 0.15) is 39.0 Å². The molecule has 0 aromatic carbocycles. The molecule has 25 heavy (non-hydrogen) atoms. The van der Waals surface area contributed by atoms with E-state index in [1.807, 2.05) is 0 Å². The predicted octanol–water partition coefficient (Wildman–Crippen LogP) is 1.53. The number of nitrogens with zero attached hydrogens (tertiary/aromatic N) is 2. The van der Waals surface area contributed by atoms with Gasteiger partial charge in [0.25, 0.3) is 0 Å². The van der Waals surface area contributed by atoms with Crippen LogP contribution in [0.4, 0.5) is 0 Å². The van der Waals surface area contributed by atoms with E-state index in [0.717, 1.165) is 63.5 Å². The Labute approximate surface area is 152 Å². The summed E-state index contributed by atoms with van der Waals surface area (Å²) in [4.78, 5) is 7.20. The topological polar surface area (TPSA) is 71.0 Å². The number of likely N-dealkylation sites (tertiary alicyclic amines) is 1. The van der Waals surface area contributed by atoms with Crippen LogP contribution in [-0.4, -0.2) is 70.2 Å². The monoisotopic (exact) mass is 371 g/mol. The first-order valence-corrected chi connectivity index (χ1v) is 11.7. The maximum absolute atomic E-state index is 11.6. The van der Waals surface area contributed by atoms with Gasteiger partial charge in [0, 0.05) is 39.4 Å². The van der Waals surface area contributed by atoms with Gasteiger partial charge in [0.2, 0.25) is 0 Å². The van der Waals surface area contributed by atoms with Crippen LogP contribution in [0.5, 0.6) is 0 Å². The van der Waals surface area contributed by atoms with Crippen molar-refractivity contribution in [3.05, 3.63) is 0 Å². The average Bonchev–Trinajstić information content (AvgIpc) is 3.22. The molecule has 0 aliphatic carbocycles. The van der Waals surface area contributed by atoms with Crippen LogP contribution in [0.15, 0.2) is 4.99 Å². The number of hydrogen-bond acceptors (Lipinski definition) is 4. The Kier molecular flexibility index (Phi) is 6.61. The van der Waals surface area contributed by atoms with Gasteiger partial charge in [-0.15, -0.1) is 0 Å². The van der Waals surface area contributed by atoms with E-state index in [4.69, 9.17) is 9.73 Å². The molecule has 1 N–H and O–H groups in total. The highest BCUT2D eigenvalue weighted by Crippen LogP contribution is 2.31. The van der Waals surface area contributed by atoms with Gasteiger partial charge in [-0.25, -0.2) is 8.42 Å². The Bertz CT molecular complexity index is 558. The molecule has 3 aliphatic heterocycles. The van der Waals surface area contributed by atoms with Gasteiger partial charge in [0.05, 0.1) is 11.5 Å². The van der Waals surface area contributed by atoms with Crippen molar-refractivity contribution in [1.82, 2.24) is 10.2 Å². The van der Waals surface area contributed by atoms with Gasteiger partial charge < -0.3 is 15.0 Å². The second-order valence-corrected chi connectivity index (χ2v) is 10.0. The van der Waals surface area contributed by atoms with E-state index in [9.17, 15) is 8.42 Å². The summed E-state index contributed by atoms with van der Waals surface area (Å²) in [5.41, 5.74) is 0. The number of sulfone groups is 1. The van der Waals surface area contributed by atoms with Crippen molar-refractivity contribution in [2.75, 3.05) is 50.9 Å². The van der Waals surface area contributed by atoms with Crippen molar-refractivity contribution in [3.8, 4) is 0 Å². The van der Waals surface area contributed by atoms with Crippen molar-refractivity contribution < 1.29 is 13.2 Å². The second-order valence-electron chi connectivity index (χ2n) is 7.80. The first-order valence-electron chi connectivity index (χ1n) is 9.89. The molecule has 3 saturated heterocycles. The molecule has 2 unspecified atom stereocenters. The maximum atomic E-state index is 11.6. The molecule has 6 nitrogen and oxygen atoms in total. The summed E-state index contributed by atoms with van der Waals surface area (Å²) in [6, 6.07) is 0. The summed E-state index contributed by atoms with van der Waals surface area (Å²) < 4.78 is 28.8. The Morgan fingerprint density at radius 1 is 1.20 bits per heavy atom. The zero-order valence-electron chi connectivity index (χ0n) is 15.5. The fourth-order valence-corrected chi connectivity index (χ4v) is 6.14. The third kappa shape index (κ3) is 5.33. The highest BCUT2D eigenvalue weighted by atomic mass is 32.2. The van der Waals surface area contributed by atoms with E-state index >= 15 is 0 Å². The average molecular weight is 372 g/mol. The molecule has 0 saturated carbocycles. The van der Waals surface area contributed by atoms with Crippen molar-refractivity contribution in [3.63, 3.8) is 0 Å². The standard InChI is InChI=1S/C18H33N3O3S/c1-2-7-19-18(20-12-15-6-11-25(22,23)14-15)21-8-3-17(13-21)16-4-9-24-10-5-16/h15-17H,2-14H2,1H3,(H,19,20). The minimum absolute atomic E-state index is 0.192. The first-order chi connectivity index (χ1) is 12.1. The number of nitrogens with one attached hydrogen (secondary N) is 1. The molecule has 0 amide bonds. The Hall–Kier alpha value is -0.820. The smallest absolute Gasteiger partial charge is 0.193 e. The molecule has 3 rings (SSSR count). The van der Waals surface area contributed by atoms with Gasteiger partial charge in [-0.3, -0.25) is 4.99 Å². The molecule has 0 aromatic rings. The number of aliphatic imine (C=N–C) groups is 1. The van der Waals surface area contributed by atoms with Gasteiger partial charge >= 0.3 is 0 Å². The summed E-state index contributed by atoms with van der Waals surface area (Å²) in [6.45, 7) is 7.65. The minimum atomic E-state index is -2.82. The summed E-state index contributed by atoms with van der Waals surface area (Å²) in [5.74, 6) is 3.34. The Balaban J connectivity index is 1.57. The third-order valence-electron chi connectivity index (χ3n) is 5.82. The number of guanidine groups is 1. The van der Waals surface area contributed by atoms with Crippen LogP contribution in [0.3, 0.4) is 0 Å². The van der Waals surface area contributed by atoms with Gasteiger partial charge in [0.15, 0.2) is 15.8 Å². The van der Waals surface area contributed by atoms with Crippen LogP contribution in [0, 0.1) is 17.8 Å². The second kappa shape index (κ2) is 8.71. The number of ether oxygens (including phenoxy) is 1. The molecule has 0 aromatic heterocycles. The van der Waals surface area contributed by atoms with E-state index in [-0.39, 0.29) is 5.92 Å². The lowest BCUT2D eigenvalue weighted by Crippen LogP contribution is -2.41. The molecule has 7 heteroatoms. The van der Waals surface area contributed by atoms with Crippen LogP contribution in [-0.2, 0) is 14.6 Å². The van der Waals surface area contributed by atoms with Gasteiger partial charge in [-0.1, -0.05) is 6.92 Å². The molecular weight excluding hydrogens is 338 g/mol. The molecule has 2 atom stereocenters.